The average Bonchev–Trinajstić information content (AvgIpc) is 3.41. The number of para-hydroxylation sites is 1. The van der Waals surface area contributed by atoms with Gasteiger partial charge in [0.2, 0.25) is 0 Å². The first-order valence-electron chi connectivity index (χ1n) is 16.1. The number of hydrogen-bond donors (Lipinski definition) is 0. The van der Waals surface area contributed by atoms with Crippen LogP contribution in [-0.4, -0.2) is 0 Å². The Morgan fingerprint density at radius 3 is 1.38 bits per heavy atom. The van der Waals surface area contributed by atoms with E-state index in [0.29, 0.717) is 0 Å². The minimum absolute atomic E-state index is 0.0811. The van der Waals surface area contributed by atoms with E-state index in [9.17, 15) is 0 Å². The van der Waals surface area contributed by atoms with Crippen LogP contribution in [0.1, 0.15) is 61.1 Å². The number of hydrogen-bond acceptors (Lipinski definition) is 1. The summed E-state index contributed by atoms with van der Waals surface area (Å²) in [6.07, 6.45) is 0. The molecule has 0 aromatic heterocycles. The summed E-state index contributed by atoms with van der Waals surface area (Å²) in [5.74, 6) is 0. The molecule has 1 heteroatoms. The van der Waals surface area contributed by atoms with E-state index in [0.717, 1.165) is 0 Å². The lowest BCUT2D eigenvalue weighted by atomic mass is 9.82. The van der Waals surface area contributed by atoms with Crippen LogP contribution in [0.2, 0.25) is 0 Å². The SMILES string of the molecule is Cc1ccc(-c2ccccc2N(c2ccc3c(c2)C(C)(C)c2ccccc2-3)c2ccc3c(c2)C(C)(C)c2ccccc2-3)c(C)c1. The predicted octanol–water partition coefficient (Wildman–Crippen LogP) is 12.1. The fourth-order valence-electron chi connectivity index (χ4n) is 8.10. The number of fused-ring (bicyclic) bond motifs is 6. The van der Waals surface area contributed by atoms with Crippen molar-refractivity contribution in [1.82, 2.24) is 0 Å². The van der Waals surface area contributed by atoms with Crippen molar-refractivity contribution in [3.63, 3.8) is 0 Å². The summed E-state index contributed by atoms with van der Waals surface area (Å²) < 4.78 is 0. The number of nitrogens with zero attached hydrogens (tertiary/aromatic N) is 1. The fraction of sp³-hybridized carbons (Fsp3) is 0.182. The zero-order valence-corrected chi connectivity index (χ0v) is 27.1. The van der Waals surface area contributed by atoms with Crippen molar-refractivity contribution in [2.45, 2.75) is 52.4 Å². The van der Waals surface area contributed by atoms with Crippen LogP contribution >= 0.6 is 0 Å². The van der Waals surface area contributed by atoms with E-state index in [-0.39, 0.29) is 10.8 Å². The minimum atomic E-state index is -0.0811. The third kappa shape index (κ3) is 4.07. The van der Waals surface area contributed by atoms with Crippen LogP contribution in [0.15, 0.2) is 127 Å². The molecule has 0 aliphatic heterocycles. The van der Waals surface area contributed by atoms with Crippen LogP contribution in [-0.2, 0) is 10.8 Å². The lowest BCUT2D eigenvalue weighted by molar-refractivity contribution is 0.660. The molecule has 220 valence electrons. The van der Waals surface area contributed by atoms with Gasteiger partial charge in [0.25, 0.3) is 0 Å². The highest BCUT2D eigenvalue weighted by Crippen LogP contribution is 2.53. The first-order chi connectivity index (χ1) is 21.7. The maximum absolute atomic E-state index is 2.49. The van der Waals surface area contributed by atoms with E-state index in [1.165, 1.54) is 83.8 Å². The molecule has 0 fully saturated rings. The zero-order chi connectivity index (χ0) is 31.1. The van der Waals surface area contributed by atoms with Crippen LogP contribution in [0.4, 0.5) is 17.1 Å². The Kier molecular flexibility index (Phi) is 6.03. The van der Waals surface area contributed by atoms with Gasteiger partial charge in [0.15, 0.2) is 0 Å². The zero-order valence-electron chi connectivity index (χ0n) is 27.1. The topological polar surface area (TPSA) is 3.24 Å². The number of benzene rings is 6. The molecule has 1 nitrogen and oxygen atoms in total. The smallest absolute Gasteiger partial charge is 0.0540 e. The van der Waals surface area contributed by atoms with Gasteiger partial charge in [0, 0.05) is 27.8 Å². The number of aryl methyl sites for hydroxylation is 2. The van der Waals surface area contributed by atoms with Gasteiger partial charge in [0.1, 0.15) is 0 Å². The molecule has 6 aromatic rings. The Hall–Kier alpha value is -4.88. The standard InChI is InChI=1S/C44H39N/c1-28-19-22-32(29(2)25-28)37-15-9-12-18-42(37)45(30-20-23-35-33-13-7-10-16-38(33)43(3,4)40(35)26-30)31-21-24-36-34-14-8-11-17-39(34)44(5,6)41(36)27-31/h7-27H,1-6H3. The first kappa shape index (κ1) is 27.7. The van der Waals surface area contributed by atoms with Gasteiger partial charge in [-0.25, -0.2) is 0 Å². The Balaban J connectivity index is 1.37. The van der Waals surface area contributed by atoms with Crippen molar-refractivity contribution in [1.29, 1.82) is 0 Å². The number of anilines is 3. The molecule has 0 heterocycles. The molecule has 0 saturated carbocycles. The van der Waals surface area contributed by atoms with Crippen molar-refractivity contribution < 1.29 is 0 Å². The Morgan fingerprint density at radius 1 is 0.400 bits per heavy atom. The highest BCUT2D eigenvalue weighted by molar-refractivity contribution is 5.92. The third-order valence-electron chi connectivity index (χ3n) is 10.5. The van der Waals surface area contributed by atoms with Gasteiger partial charge < -0.3 is 4.90 Å². The van der Waals surface area contributed by atoms with Crippen LogP contribution < -0.4 is 4.90 Å². The second-order valence-electron chi connectivity index (χ2n) is 14.0. The van der Waals surface area contributed by atoms with Crippen LogP contribution in [0.3, 0.4) is 0 Å². The number of rotatable bonds is 4. The van der Waals surface area contributed by atoms with Crippen LogP contribution in [0.25, 0.3) is 33.4 Å². The van der Waals surface area contributed by atoms with Gasteiger partial charge >= 0.3 is 0 Å². The largest absolute Gasteiger partial charge is 0.310 e. The molecule has 0 atom stereocenters. The van der Waals surface area contributed by atoms with Gasteiger partial charge in [0.05, 0.1) is 5.69 Å². The van der Waals surface area contributed by atoms with Gasteiger partial charge in [-0.05, 0) is 99.8 Å². The summed E-state index contributed by atoms with van der Waals surface area (Å²) in [6.45, 7) is 13.9. The average molecular weight is 582 g/mol. The summed E-state index contributed by atoms with van der Waals surface area (Å²) >= 11 is 0. The second kappa shape index (κ2) is 9.81. The predicted molar refractivity (Wildman–Crippen MR) is 191 cm³/mol. The molecular weight excluding hydrogens is 542 g/mol. The Morgan fingerprint density at radius 2 is 0.844 bits per heavy atom. The molecule has 45 heavy (non-hydrogen) atoms. The summed E-state index contributed by atoms with van der Waals surface area (Å²) in [5.41, 5.74) is 19.4. The van der Waals surface area contributed by atoms with E-state index < -0.39 is 0 Å². The monoisotopic (exact) mass is 581 g/mol. The lowest BCUT2D eigenvalue weighted by Crippen LogP contribution is -2.18. The van der Waals surface area contributed by atoms with Crippen LogP contribution in [0.5, 0.6) is 0 Å². The lowest BCUT2D eigenvalue weighted by Gasteiger charge is -2.31. The normalized spacial score (nSPS) is 14.8. The first-order valence-corrected chi connectivity index (χ1v) is 16.1. The summed E-state index contributed by atoms with van der Waals surface area (Å²) in [4.78, 5) is 2.49. The molecule has 6 aromatic carbocycles. The van der Waals surface area contributed by atoms with Crippen molar-refractivity contribution >= 4 is 17.1 Å². The maximum atomic E-state index is 2.49. The van der Waals surface area contributed by atoms with Gasteiger partial charge in [-0.3, -0.25) is 0 Å². The quantitative estimate of drug-likeness (QED) is 0.200. The molecule has 0 bridgehead atoms. The van der Waals surface area contributed by atoms with Crippen LogP contribution in [0, 0.1) is 13.8 Å². The highest BCUT2D eigenvalue weighted by Gasteiger charge is 2.37. The molecule has 0 amide bonds. The maximum Gasteiger partial charge on any atom is 0.0540 e. The fourth-order valence-corrected chi connectivity index (χ4v) is 8.10. The molecule has 0 unspecified atom stereocenters. The second-order valence-corrected chi connectivity index (χ2v) is 14.0. The molecule has 0 spiro atoms. The van der Waals surface area contributed by atoms with Crippen molar-refractivity contribution in [2.24, 2.45) is 0 Å². The van der Waals surface area contributed by atoms with E-state index in [4.69, 9.17) is 0 Å². The molecule has 8 rings (SSSR count). The highest BCUT2D eigenvalue weighted by atomic mass is 15.1. The molecule has 0 N–H and O–H groups in total. The summed E-state index contributed by atoms with van der Waals surface area (Å²) in [7, 11) is 0. The van der Waals surface area contributed by atoms with E-state index >= 15 is 0 Å². The van der Waals surface area contributed by atoms with Crippen molar-refractivity contribution in [2.75, 3.05) is 4.90 Å². The summed E-state index contributed by atoms with van der Waals surface area (Å²) in [5, 5.41) is 0. The Bertz CT molecular complexity index is 2040. The molecule has 2 aliphatic carbocycles. The molecule has 0 radical (unpaired) electrons. The molecule has 0 saturated heterocycles. The van der Waals surface area contributed by atoms with E-state index in [2.05, 4.69) is 174 Å². The summed E-state index contributed by atoms with van der Waals surface area (Å²) in [6, 6.07) is 47.7. The van der Waals surface area contributed by atoms with Gasteiger partial charge in [-0.1, -0.05) is 130 Å². The van der Waals surface area contributed by atoms with Crippen molar-refractivity contribution in [3.05, 3.63) is 161 Å². The van der Waals surface area contributed by atoms with E-state index in [1.54, 1.807) is 0 Å². The van der Waals surface area contributed by atoms with Gasteiger partial charge in [-0.2, -0.15) is 0 Å². The van der Waals surface area contributed by atoms with E-state index in [1.807, 2.05) is 0 Å². The third-order valence-corrected chi connectivity index (χ3v) is 10.5. The Labute approximate surface area is 267 Å². The molecular formula is C44H39N. The van der Waals surface area contributed by atoms with Gasteiger partial charge in [-0.15, -0.1) is 0 Å². The minimum Gasteiger partial charge on any atom is -0.310 e. The molecule has 2 aliphatic rings. The van der Waals surface area contributed by atoms with Crippen molar-refractivity contribution in [3.8, 4) is 33.4 Å².